The summed E-state index contributed by atoms with van der Waals surface area (Å²) in [6.07, 6.45) is -2.85. The molecule has 0 unspecified atom stereocenters. The Labute approximate surface area is 136 Å². The van der Waals surface area contributed by atoms with Crippen LogP contribution in [0, 0.1) is 0 Å². The SMILES string of the molecule is COc1ccc2c(c1)CN(c1ncc(C(F)(F)F)cc1Cl)CC2. The molecule has 0 fully saturated rings. The van der Waals surface area contributed by atoms with Crippen molar-refractivity contribution in [2.45, 2.75) is 19.1 Å². The van der Waals surface area contributed by atoms with E-state index in [1.54, 1.807) is 7.11 Å². The van der Waals surface area contributed by atoms with E-state index in [2.05, 4.69) is 4.98 Å². The molecule has 122 valence electrons. The lowest BCUT2D eigenvalue weighted by atomic mass is 9.99. The summed E-state index contributed by atoms with van der Waals surface area (Å²) in [7, 11) is 1.59. The Morgan fingerprint density at radius 3 is 2.65 bits per heavy atom. The molecule has 1 aliphatic rings. The van der Waals surface area contributed by atoms with Gasteiger partial charge in [0, 0.05) is 19.3 Å². The lowest BCUT2D eigenvalue weighted by Crippen LogP contribution is -2.31. The molecule has 3 rings (SSSR count). The first-order valence-electron chi connectivity index (χ1n) is 7.02. The van der Waals surface area contributed by atoms with Crippen LogP contribution in [0.4, 0.5) is 19.0 Å². The Hall–Kier alpha value is -1.95. The van der Waals surface area contributed by atoms with Crippen molar-refractivity contribution in [3.8, 4) is 5.75 Å². The van der Waals surface area contributed by atoms with Crippen molar-refractivity contribution in [3.63, 3.8) is 0 Å². The number of ether oxygens (including phenoxy) is 1. The molecule has 2 heterocycles. The van der Waals surface area contributed by atoms with Gasteiger partial charge in [0.15, 0.2) is 0 Å². The van der Waals surface area contributed by atoms with Gasteiger partial charge in [-0.25, -0.2) is 4.98 Å². The quantitative estimate of drug-likeness (QED) is 0.812. The average molecular weight is 343 g/mol. The standard InChI is InChI=1S/C16H14ClF3N2O/c1-23-13-3-2-10-4-5-22(9-11(10)6-13)15-14(17)7-12(8-21-15)16(18,19)20/h2-3,6-8H,4-5,9H2,1H3. The molecule has 1 aromatic heterocycles. The van der Waals surface area contributed by atoms with Crippen molar-refractivity contribution < 1.29 is 17.9 Å². The smallest absolute Gasteiger partial charge is 0.417 e. The molecule has 0 spiro atoms. The van der Waals surface area contributed by atoms with Gasteiger partial charge in [0.1, 0.15) is 11.6 Å². The van der Waals surface area contributed by atoms with Crippen LogP contribution >= 0.6 is 11.6 Å². The maximum absolute atomic E-state index is 12.7. The van der Waals surface area contributed by atoms with E-state index in [1.807, 2.05) is 23.1 Å². The van der Waals surface area contributed by atoms with Crippen molar-refractivity contribution in [1.82, 2.24) is 4.98 Å². The number of nitrogens with zero attached hydrogens (tertiary/aromatic N) is 2. The Morgan fingerprint density at radius 2 is 2.00 bits per heavy atom. The highest BCUT2D eigenvalue weighted by atomic mass is 35.5. The number of benzene rings is 1. The van der Waals surface area contributed by atoms with Crippen LogP contribution in [-0.4, -0.2) is 18.6 Å². The van der Waals surface area contributed by atoms with Crippen molar-refractivity contribution in [3.05, 3.63) is 52.2 Å². The van der Waals surface area contributed by atoms with E-state index in [4.69, 9.17) is 16.3 Å². The van der Waals surface area contributed by atoms with E-state index in [0.29, 0.717) is 18.9 Å². The van der Waals surface area contributed by atoms with E-state index in [9.17, 15) is 13.2 Å². The molecule has 0 atom stereocenters. The molecule has 2 aromatic rings. The topological polar surface area (TPSA) is 25.4 Å². The maximum atomic E-state index is 12.7. The maximum Gasteiger partial charge on any atom is 0.417 e. The molecule has 0 saturated carbocycles. The number of halogens is 4. The lowest BCUT2D eigenvalue weighted by Gasteiger charge is -2.30. The van der Waals surface area contributed by atoms with Gasteiger partial charge in [-0.15, -0.1) is 0 Å². The first-order valence-corrected chi connectivity index (χ1v) is 7.40. The second kappa shape index (κ2) is 5.92. The van der Waals surface area contributed by atoms with Gasteiger partial charge < -0.3 is 9.64 Å². The van der Waals surface area contributed by atoms with Gasteiger partial charge in [0.05, 0.1) is 17.7 Å². The molecule has 23 heavy (non-hydrogen) atoms. The van der Waals surface area contributed by atoms with E-state index in [-0.39, 0.29) is 5.02 Å². The second-order valence-electron chi connectivity index (χ2n) is 5.33. The molecule has 0 amide bonds. The minimum atomic E-state index is -4.45. The number of pyridine rings is 1. The minimum absolute atomic E-state index is 0.00571. The van der Waals surface area contributed by atoms with Crippen LogP contribution in [0.5, 0.6) is 5.75 Å². The Balaban J connectivity index is 1.88. The molecule has 1 aromatic carbocycles. The number of hydrogen-bond acceptors (Lipinski definition) is 3. The summed E-state index contributed by atoms with van der Waals surface area (Å²) in [5, 5.41) is 0.00571. The van der Waals surface area contributed by atoms with Crippen LogP contribution < -0.4 is 9.64 Å². The highest BCUT2D eigenvalue weighted by Gasteiger charge is 2.32. The first kappa shape index (κ1) is 15.9. The van der Waals surface area contributed by atoms with Crippen LogP contribution in [-0.2, 0) is 19.1 Å². The number of anilines is 1. The van der Waals surface area contributed by atoms with E-state index >= 15 is 0 Å². The summed E-state index contributed by atoms with van der Waals surface area (Å²) in [5.41, 5.74) is 1.42. The zero-order valence-electron chi connectivity index (χ0n) is 12.3. The van der Waals surface area contributed by atoms with Crippen molar-refractivity contribution in [2.24, 2.45) is 0 Å². The fourth-order valence-corrected chi connectivity index (χ4v) is 2.95. The van der Waals surface area contributed by atoms with Crippen LogP contribution in [0.15, 0.2) is 30.5 Å². The van der Waals surface area contributed by atoms with Gasteiger partial charge in [-0.2, -0.15) is 13.2 Å². The molecule has 0 saturated heterocycles. The van der Waals surface area contributed by atoms with Gasteiger partial charge >= 0.3 is 6.18 Å². The minimum Gasteiger partial charge on any atom is -0.497 e. The molecule has 0 bridgehead atoms. The summed E-state index contributed by atoms with van der Waals surface area (Å²) in [6.45, 7) is 1.18. The number of methoxy groups -OCH3 is 1. The third-order valence-electron chi connectivity index (χ3n) is 3.87. The molecular weight excluding hydrogens is 329 g/mol. The fraction of sp³-hybridized carbons (Fsp3) is 0.312. The van der Waals surface area contributed by atoms with Gasteiger partial charge in [-0.3, -0.25) is 0 Å². The molecule has 1 aliphatic heterocycles. The van der Waals surface area contributed by atoms with Crippen LogP contribution in [0.3, 0.4) is 0 Å². The van der Waals surface area contributed by atoms with Gasteiger partial charge in [-0.05, 0) is 35.7 Å². The van der Waals surface area contributed by atoms with Gasteiger partial charge in [-0.1, -0.05) is 17.7 Å². The number of aromatic nitrogens is 1. The van der Waals surface area contributed by atoms with Crippen molar-refractivity contribution >= 4 is 17.4 Å². The predicted molar refractivity (Wildman–Crippen MR) is 82.0 cm³/mol. The monoisotopic (exact) mass is 342 g/mol. The van der Waals surface area contributed by atoms with E-state index < -0.39 is 11.7 Å². The Bertz CT molecular complexity index is 734. The molecule has 0 N–H and O–H groups in total. The summed E-state index contributed by atoms with van der Waals surface area (Å²) >= 11 is 6.03. The summed E-state index contributed by atoms with van der Waals surface area (Å²) in [6, 6.07) is 6.76. The highest BCUT2D eigenvalue weighted by Crippen LogP contribution is 2.35. The first-order chi connectivity index (χ1) is 10.9. The Morgan fingerprint density at radius 1 is 1.22 bits per heavy atom. The predicted octanol–water partition coefficient (Wildman–Crippen LogP) is 4.33. The number of alkyl halides is 3. The van der Waals surface area contributed by atoms with E-state index in [0.717, 1.165) is 30.0 Å². The summed E-state index contributed by atoms with van der Waals surface area (Å²) in [4.78, 5) is 5.81. The summed E-state index contributed by atoms with van der Waals surface area (Å²) < 4.78 is 43.3. The van der Waals surface area contributed by atoms with Crippen molar-refractivity contribution in [2.75, 3.05) is 18.6 Å². The third-order valence-corrected chi connectivity index (χ3v) is 4.15. The zero-order chi connectivity index (χ0) is 16.6. The highest BCUT2D eigenvalue weighted by molar-refractivity contribution is 6.33. The second-order valence-corrected chi connectivity index (χ2v) is 5.74. The lowest BCUT2D eigenvalue weighted by molar-refractivity contribution is -0.137. The zero-order valence-corrected chi connectivity index (χ0v) is 13.1. The van der Waals surface area contributed by atoms with E-state index in [1.165, 1.54) is 5.56 Å². The molecule has 0 aliphatic carbocycles. The number of fused-ring (bicyclic) bond motifs is 1. The third kappa shape index (κ3) is 3.22. The van der Waals surface area contributed by atoms with Crippen LogP contribution in [0.2, 0.25) is 5.02 Å². The number of hydrogen-bond donors (Lipinski definition) is 0. The molecule has 0 radical (unpaired) electrons. The van der Waals surface area contributed by atoms with Crippen molar-refractivity contribution in [1.29, 1.82) is 0 Å². The summed E-state index contributed by atoms with van der Waals surface area (Å²) in [5.74, 6) is 1.12. The largest absolute Gasteiger partial charge is 0.497 e. The molecular formula is C16H14ClF3N2O. The Kier molecular flexibility index (Phi) is 4.10. The van der Waals surface area contributed by atoms with Crippen LogP contribution in [0.25, 0.3) is 0 Å². The normalized spacial score (nSPS) is 14.6. The molecule has 7 heteroatoms. The number of rotatable bonds is 2. The van der Waals surface area contributed by atoms with Gasteiger partial charge in [0.25, 0.3) is 0 Å². The molecule has 3 nitrogen and oxygen atoms in total. The van der Waals surface area contributed by atoms with Crippen LogP contribution in [0.1, 0.15) is 16.7 Å². The van der Waals surface area contributed by atoms with Gasteiger partial charge in [0.2, 0.25) is 0 Å². The average Bonchev–Trinajstić information content (AvgIpc) is 2.52. The fourth-order valence-electron chi connectivity index (χ4n) is 2.66.